The summed E-state index contributed by atoms with van der Waals surface area (Å²) in [5, 5.41) is 0. The molecule has 1 aromatic carbocycles. The first-order chi connectivity index (χ1) is 7.70. The van der Waals surface area contributed by atoms with Gasteiger partial charge >= 0.3 is 5.97 Å². The van der Waals surface area contributed by atoms with E-state index >= 15 is 0 Å². The van der Waals surface area contributed by atoms with Crippen LogP contribution in [0, 0.1) is 12.8 Å². The van der Waals surface area contributed by atoms with E-state index in [0.717, 1.165) is 24.8 Å². The molecule has 1 aromatic rings. The minimum atomic E-state index is -0.131. The normalized spacial score (nSPS) is 15.4. The Morgan fingerprint density at radius 1 is 1.31 bits per heavy atom. The van der Waals surface area contributed by atoms with Gasteiger partial charge in [-0.2, -0.15) is 0 Å². The lowest BCUT2D eigenvalue weighted by Crippen LogP contribution is -2.26. The van der Waals surface area contributed by atoms with Crippen molar-refractivity contribution in [3.63, 3.8) is 0 Å². The molecule has 1 fully saturated rings. The van der Waals surface area contributed by atoms with Crippen LogP contribution in [-0.4, -0.2) is 13.1 Å². The number of esters is 1. The second-order valence-electron chi connectivity index (χ2n) is 4.20. The first-order valence-corrected chi connectivity index (χ1v) is 5.57. The predicted octanol–water partition coefficient (Wildman–Crippen LogP) is 2.71. The summed E-state index contributed by atoms with van der Waals surface area (Å²) in [5.41, 5.74) is 1.08. The standard InChI is InChI=1S/C13H16O3/c1-9-6-7-11(12(8-9)15-2)16-13(14)10-4-3-5-10/h6-8,10H,3-5H2,1-2H3. The van der Waals surface area contributed by atoms with Gasteiger partial charge in [0.1, 0.15) is 0 Å². The highest BCUT2D eigenvalue weighted by atomic mass is 16.6. The third-order valence-electron chi connectivity index (χ3n) is 2.97. The van der Waals surface area contributed by atoms with Gasteiger partial charge in [0.05, 0.1) is 13.0 Å². The molecule has 2 rings (SSSR count). The van der Waals surface area contributed by atoms with E-state index in [9.17, 15) is 4.79 Å². The van der Waals surface area contributed by atoms with Crippen LogP contribution in [0.15, 0.2) is 18.2 Å². The SMILES string of the molecule is COc1cc(C)ccc1OC(=O)C1CCC1. The molecule has 16 heavy (non-hydrogen) atoms. The van der Waals surface area contributed by atoms with Crippen LogP contribution in [0.2, 0.25) is 0 Å². The van der Waals surface area contributed by atoms with Gasteiger partial charge in [-0.25, -0.2) is 0 Å². The van der Waals surface area contributed by atoms with Crippen molar-refractivity contribution < 1.29 is 14.3 Å². The Kier molecular flexibility index (Phi) is 3.13. The fraction of sp³-hybridized carbons (Fsp3) is 0.462. The van der Waals surface area contributed by atoms with Crippen molar-refractivity contribution in [2.45, 2.75) is 26.2 Å². The third-order valence-corrected chi connectivity index (χ3v) is 2.97. The minimum absolute atomic E-state index is 0.0889. The van der Waals surface area contributed by atoms with E-state index < -0.39 is 0 Å². The summed E-state index contributed by atoms with van der Waals surface area (Å²) in [6, 6.07) is 5.56. The van der Waals surface area contributed by atoms with Crippen molar-refractivity contribution in [1.29, 1.82) is 0 Å². The minimum Gasteiger partial charge on any atom is -0.493 e. The van der Waals surface area contributed by atoms with Crippen LogP contribution in [0.3, 0.4) is 0 Å². The molecule has 3 heteroatoms. The van der Waals surface area contributed by atoms with Crippen LogP contribution in [0.4, 0.5) is 0 Å². The van der Waals surface area contributed by atoms with E-state index in [4.69, 9.17) is 9.47 Å². The van der Waals surface area contributed by atoms with Gasteiger partial charge in [-0.15, -0.1) is 0 Å². The number of ether oxygens (including phenoxy) is 2. The number of benzene rings is 1. The molecule has 0 amide bonds. The highest BCUT2D eigenvalue weighted by Gasteiger charge is 2.27. The lowest BCUT2D eigenvalue weighted by Gasteiger charge is -2.23. The second-order valence-corrected chi connectivity index (χ2v) is 4.20. The molecule has 0 saturated heterocycles. The highest BCUT2D eigenvalue weighted by Crippen LogP contribution is 2.32. The summed E-state index contributed by atoms with van der Waals surface area (Å²) < 4.78 is 10.5. The lowest BCUT2D eigenvalue weighted by atomic mass is 9.86. The van der Waals surface area contributed by atoms with E-state index in [1.165, 1.54) is 0 Å². The molecule has 86 valence electrons. The zero-order valence-electron chi connectivity index (χ0n) is 9.66. The number of carbonyl (C=O) groups excluding carboxylic acids is 1. The first kappa shape index (κ1) is 11.0. The molecule has 0 N–H and O–H groups in total. The van der Waals surface area contributed by atoms with E-state index in [2.05, 4.69) is 0 Å². The maximum Gasteiger partial charge on any atom is 0.314 e. The number of rotatable bonds is 3. The molecule has 1 aliphatic carbocycles. The largest absolute Gasteiger partial charge is 0.493 e. The fourth-order valence-corrected chi connectivity index (χ4v) is 1.69. The van der Waals surface area contributed by atoms with Crippen molar-refractivity contribution in [2.75, 3.05) is 7.11 Å². The van der Waals surface area contributed by atoms with Gasteiger partial charge in [0.25, 0.3) is 0 Å². The van der Waals surface area contributed by atoms with Crippen LogP contribution >= 0.6 is 0 Å². The van der Waals surface area contributed by atoms with Gasteiger partial charge in [0.2, 0.25) is 0 Å². The van der Waals surface area contributed by atoms with Crippen LogP contribution < -0.4 is 9.47 Å². The molecule has 0 heterocycles. The van der Waals surface area contributed by atoms with Crippen molar-refractivity contribution in [3.8, 4) is 11.5 Å². The molecule has 0 radical (unpaired) electrons. The van der Waals surface area contributed by atoms with Gasteiger partial charge in [0, 0.05) is 0 Å². The second kappa shape index (κ2) is 4.56. The molecule has 1 aliphatic rings. The van der Waals surface area contributed by atoms with E-state index in [1.807, 2.05) is 19.1 Å². The molecule has 0 bridgehead atoms. The molecule has 1 saturated carbocycles. The maximum atomic E-state index is 11.7. The highest BCUT2D eigenvalue weighted by molar-refractivity contribution is 5.76. The number of carbonyl (C=O) groups is 1. The Hall–Kier alpha value is -1.51. The topological polar surface area (TPSA) is 35.5 Å². The van der Waals surface area contributed by atoms with E-state index in [-0.39, 0.29) is 11.9 Å². The number of aryl methyl sites for hydroxylation is 1. The quantitative estimate of drug-likeness (QED) is 0.580. The summed E-state index contributed by atoms with van der Waals surface area (Å²) in [6.45, 7) is 1.97. The molecule has 0 aromatic heterocycles. The zero-order valence-corrected chi connectivity index (χ0v) is 9.66. The van der Waals surface area contributed by atoms with Crippen LogP contribution in [0.5, 0.6) is 11.5 Å². The molecule has 0 aliphatic heterocycles. The lowest BCUT2D eigenvalue weighted by molar-refractivity contribution is -0.141. The molecular weight excluding hydrogens is 204 g/mol. The Morgan fingerprint density at radius 2 is 2.06 bits per heavy atom. The maximum absolute atomic E-state index is 11.7. The van der Waals surface area contributed by atoms with E-state index in [1.54, 1.807) is 13.2 Å². The molecular formula is C13H16O3. The van der Waals surface area contributed by atoms with Gasteiger partial charge < -0.3 is 9.47 Å². The Morgan fingerprint density at radius 3 is 2.62 bits per heavy atom. The average Bonchev–Trinajstić information content (AvgIpc) is 2.18. The van der Waals surface area contributed by atoms with Gasteiger partial charge in [-0.05, 0) is 37.5 Å². The van der Waals surface area contributed by atoms with Gasteiger partial charge in [-0.1, -0.05) is 12.5 Å². The van der Waals surface area contributed by atoms with Gasteiger partial charge in [-0.3, -0.25) is 4.79 Å². The third kappa shape index (κ3) is 2.18. The van der Waals surface area contributed by atoms with Crippen LogP contribution in [0.1, 0.15) is 24.8 Å². The number of hydrogen-bond donors (Lipinski definition) is 0. The summed E-state index contributed by atoms with van der Waals surface area (Å²) in [6.07, 6.45) is 3.03. The van der Waals surface area contributed by atoms with Crippen LogP contribution in [-0.2, 0) is 4.79 Å². The molecule has 3 nitrogen and oxygen atoms in total. The summed E-state index contributed by atoms with van der Waals surface area (Å²) >= 11 is 0. The smallest absolute Gasteiger partial charge is 0.314 e. The van der Waals surface area contributed by atoms with Crippen molar-refractivity contribution >= 4 is 5.97 Å². The Bertz CT molecular complexity index is 394. The average molecular weight is 220 g/mol. The van der Waals surface area contributed by atoms with Crippen molar-refractivity contribution in [2.24, 2.45) is 5.92 Å². The number of hydrogen-bond acceptors (Lipinski definition) is 3. The van der Waals surface area contributed by atoms with Crippen molar-refractivity contribution in [1.82, 2.24) is 0 Å². The van der Waals surface area contributed by atoms with Gasteiger partial charge in [0.15, 0.2) is 11.5 Å². The summed E-state index contributed by atoms with van der Waals surface area (Å²) in [5.74, 6) is 1.09. The first-order valence-electron chi connectivity index (χ1n) is 5.57. The predicted molar refractivity (Wildman–Crippen MR) is 60.7 cm³/mol. The Labute approximate surface area is 95.4 Å². The monoisotopic (exact) mass is 220 g/mol. The van der Waals surface area contributed by atoms with Crippen LogP contribution in [0.25, 0.3) is 0 Å². The molecule has 0 spiro atoms. The number of methoxy groups -OCH3 is 1. The Balaban J connectivity index is 2.10. The zero-order chi connectivity index (χ0) is 11.5. The molecule has 0 unspecified atom stereocenters. The molecule has 0 atom stereocenters. The fourth-order valence-electron chi connectivity index (χ4n) is 1.69. The van der Waals surface area contributed by atoms with Crippen molar-refractivity contribution in [3.05, 3.63) is 23.8 Å². The summed E-state index contributed by atoms with van der Waals surface area (Å²) in [7, 11) is 1.58. The summed E-state index contributed by atoms with van der Waals surface area (Å²) in [4.78, 5) is 11.7. The van der Waals surface area contributed by atoms with E-state index in [0.29, 0.717) is 11.5 Å².